The summed E-state index contributed by atoms with van der Waals surface area (Å²) in [5.41, 5.74) is 7.56. The van der Waals surface area contributed by atoms with Crippen LogP contribution >= 0.6 is 0 Å². The Morgan fingerprint density at radius 2 is 2.14 bits per heavy atom. The van der Waals surface area contributed by atoms with Gasteiger partial charge in [0, 0.05) is 19.2 Å². The second-order valence-corrected chi connectivity index (χ2v) is 4.79. The topological polar surface area (TPSA) is 92.1 Å². The monoisotopic (exact) mass is 287 g/mol. The lowest BCUT2D eigenvalue weighted by Gasteiger charge is -2.16. The Bertz CT molecular complexity index is 676. The number of hydrogen-bond donors (Lipinski definition) is 2. The molecule has 3 N–H and O–H groups in total. The fourth-order valence-electron chi connectivity index (χ4n) is 2.01. The van der Waals surface area contributed by atoms with Crippen LogP contribution in [0.4, 0.5) is 0 Å². The highest BCUT2D eigenvalue weighted by atomic mass is 16.4. The van der Waals surface area contributed by atoms with E-state index in [0.29, 0.717) is 23.4 Å². The van der Waals surface area contributed by atoms with E-state index in [2.05, 4.69) is 5.16 Å². The first-order chi connectivity index (χ1) is 10.0. The predicted molar refractivity (Wildman–Crippen MR) is 78.2 cm³/mol. The molecule has 0 saturated carbocycles. The molecule has 0 fully saturated rings. The summed E-state index contributed by atoms with van der Waals surface area (Å²) >= 11 is 0. The molecular weight excluding hydrogens is 270 g/mol. The van der Waals surface area contributed by atoms with E-state index in [1.807, 2.05) is 6.07 Å². The van der Waals surface area contributed by atoms with Crippen LogP contribution in [0.5, 0.6) is 0 Å². The van der Waals surface area contributed by atoms with E-state index >= 15 is 0 Å². The molecule has 110 valence electrons. The molecule has 1 aromatic heterocycles. The van der Waals surface area contributed by atoms with Gasteiger partial charge in [-0.1, -0.05) is 23.4 Å². The maximum Gasteiger partial charge on any atom is 0.257 e. The van der Waals surface area contributed by atoms with E-state index < -0.39 is 0 Å². The van der Waals surface area contributed by atoms with Crippen molar-refractivity contribution in [1.29, 1.82) is 0 Å². The van der Waals surface area contributed by atoms with Gasteiger partial charge in [-0.2, -0.15) is 0 Å². The highest BCUT2D eigenvalue weighted by Crippen LogP contribution is 2.12. The van der Waals surface area contributed by atoms with E-state index in [4.69, 9.17) is 15.4 Å². The van der Waals surface area contributed by atoms with E-state index in [1.54, 1.807) is 43.1 Å². The molecule has 2 aromatic rings. The third-order valence-electron chi connectivity index (χ3n) is 3.07. The molecular formula is C15H17N3O3. The zero-order chi connectivity index (χ0) is 15.4. The van der Waals surface area contributed by atoms with Gasteiger partial charge in [0.05, 0.1) is 5.56 Å². The normalized spacial score (nSPS) is 11.4. The third-order valence-corrected chi connectivity index (χ3v) is 3.07. The van der Waals surface area contributed by atoms with Gasteiger partial charge in [-0.3, -0.25) is 4.79 Å². The molecule has 0 aliphatic carbocycles. The van der Waals surface area contributed by atoms with Crippen molar-refractivity contribution < 1.29 is 14.4 Å². The first-order valence-corrected chi connectivity index (χ1v) is 6.38. The molecule has 0 bridgehead atoms. The molecule has 0 aliphatic heterocycles. The zero-order valence-electron chi connectivity index (χ0n) is 11.9. The SMILES string of the molecule is Cc1cc(C(=O)N(C)Cc2cccc(/C(N)=N/O)c2)co1. The average Bonchev–Trinajstić information content (AvgIpc) is 2.92. The highest BCUT2D eigenvalue weighted by molar-refractivity contribution is 5.97. The summed E-state index contributed by atoms with van der Waals surface area (Å²) in [5, 5.41) is 11.7. The van der Waals surface area contributed by atoms with Gasteiger partial charge in [-0.15, -0.1) is 0 Å². The lowest BCUT2D eigenvalue weighted by molar-refractivity contribution is 0.0784. The molecule has 0 atom stereocenters. The number of amides is 1. The van der Waals surface area contributed by atoms with Crippen LogP contribution in [0.15, 0.2) is 46.2 Å². The molecule has 2 rings (SSSR count). The maximum atomic E-state index is 12.2. The van der Waals surface area contributed by atoms with Gasteiger partial charge >= 0.3 is 0 Å². The third kappa shape index (κ3) is 3.42. The number of carbonyl (C=O) groups is 1. The Morgan fingerprint density at radius 3 is 2.76 bits per heavy atom. The summed E-state index contributed by atoms with van der Waals surface area (Å²) in [5.74, 6) is 0.609. The van der Waals surface area contributed by atoms with Crippen molar-refractivity contribution in [3.63, 3.8) is 0 Å². The van der Waals surface area contributed by atoms with E-state index in [0.717, 1.165) is 5.56 Å². The molecule has 6 heteroatoms. The number of aryl methyl sites for hydroxylation is 1. The molecule has 0 saturated heterocycles. The molecule has 1 amide bonds. The standard InChI is InChI=1S/C15H17N3O3/c1-10-6-13(9-21-10)15(19)18(2)8-11-4-3-5-12(7-11)14(16)17-20/h3-7,9,20H,8H2,1-2H3,(H2,16,17). The molecule has 21 heavy (non-hydrogen) atoms. The molecule has 0 spiro atoms. The first kappa shape index (κ1) is 14.6. The maximum absolute atomic E-state index is 12.2. The van der Waals surface area contributed by atoms with Crippen molar-refractivity contribution in [3.8, 4) is 0 Å². The number of nitrogens with two attached hydrogens (primary N) is 1. The lowest BCUT2D eigenvalue weighted by Crippen LogP contribution is -2.26. The Kier molecular flexibility index (Phi) is 4.27. The molecule has 0 radical (unpaired) electrons. The number of nitrogens with zero attached hydrogens (tertiary/aromatic N) is 2. The van der Waals surface area contributed by atoms with Crippen LogP contribution in [-0.2, 0) is 6.54 Å². The van der Waals surface area contributed by atoms with Gasteiger partial charge in [0.15, 0.2) is 5.84 Å². The number of amidine groups is 1. The fourth-order valence-corrected chi connectivity index (χ4v) is 2.01. The largest absolute Gasteiger partial charge is 0.469 e. The smallest absolute Gasteiger partial charge is 0.257 e. The molecule has 6 nitrogen and oxygen atoms in total. The van der Waals surface area contributed by atoms with Crippen LogP contribution in [0.2, 0.25) is 0 Å². The first-order valence-electron chi connectivity index (χ1n) is 6.38. The summed E-state index contributed by atoms with van der Waals surface area (Å²) in [6.07, 6.45) is 1.45. The van der Waals surface area contributed by atoms with Crippen molar-refractivity contribution in [3.05, 3.63) is 59.0 Å². The van der Waals surface area contributed by atoms with Crippen molar-refractivity contribution >= 4 is 11.7 Å². The number of rotatable bonds is 4. The van der Waals surface area contributed by atoms with Crippen LogP contribution in [0.25, 0.3) is 0 Å². The average molecular weight is 287 g/mol. The predicted octanol–water partition coefficient (Wildman–Crippen LogP) is 1.95. The summed E-state index contributed by atoms with van der Waals surface area (Å²) in [4.78, 5) is 13.8. The van der Waals surface area contributed by atoms with Crippen LogP contribution in [0.1, 0.15) is 27.2 Å². The molecule has 0 aliphatic rings. The van der Waals surface area contributed by atoms with Gasteiger partial charge < -0.3 is 20.3 Å². The van der Waals surface area contributed by atoms with Gasteiger partial charge in [0.2, 0.25) is 0 Å². The second-order valence-electron chi connectivity index (χ2n) is 4.79. The Morgan fingerprint density at radius 1 is 1.38 bits per heavy atom. The molecule has 1 aromatic carbocycles. The summed E-state index contributed by atoms with van der Waals surface area (Å²) in [6.45, 7) is 2.20. The van der Waals surface area contributed by atoms with Crippen LogP contribution < -0.4 is 5.73 Å². The van der Waals surface area contributed by atoms with Crippen LogP contribution in [0, 0.1) is 6.92 Å². The van der Waals surface area contributed by atoms with Gasteiger partial charge in [0.25, 0.3) is 5.91 Å². The summed E-state index contributed by atoms with van der Waals surface area (Å²) in [6, 6.07) is 8.88. The van der Waals surface area contributed by atoms with E-state index in [-0.39, 0.29) is 11.7 Å². The van der Waals surface area contributed by atoms with Crippen LogP contribution in [0.3, 0.4) is 0 Å². The van der Waals surface area contributed by atoms with E-state index in [1.165, 1.54) is 6.26 Å². The van der Waals surface area contributed by atoms with Gasteiger partial charge in [-0.05, 0) is 24.6 Å². The number of furan rings is 1. The molecule has 1 heterocycles. The minimum atomic E-state index is -0.124. The highest BCUT2D eigenvalue weighted by Gasteiger charge is 2.14. The minimum Gasteiger partial charge on any atom is -0.469 e. The summed E-state index contributed by atoms with van der Waals surface area (Å²) in [7, 11) is 1.71. The quantitative estimate of drug-likeness (QED) is 0.389. The number of carbonyl (C=O) groups excluding carboxylic acids is 1. The molecule has 0 unspecified atom stereocenters. The van der Waals surface area contributed by atoms with E-state index in [9.17, 15) is 4.79 Å². The Labute approximate surface area is 122 Å². The van der Waals surface area contributed by atoms with Gasteiger partial charge in [-0.25, -0.2) is 0 Å². The number of benzene rings is 1. The van der Waals surface area contributed by atoms with Crippen LogP contribution in [-0.4, -0.2) is 28.9 Å². The second kappa shape index (κ2) is 6.13. The van der Waals surface area contributed by atoms with Crippen molar-refractivity contribution in [2.24, 2.45) is 10.9 Å². The summed E-state index contributed by atoms with van der Waals surface area (Å²) < 4.78 is 5.14. The van der Waals surface area contributed by atoms with Crippen molar-refractivity contribution in [1.82, 2.24) is 4.90 Å². The lowest BCUT2D eigenvalue weighted by atomic mass is 10.1. The van der Waals surface area contributed by atoms with Crippen molar-refractivity contribution in [2.45, 2.75) is 13.5 Å². The van der Waals surface area contributed by atoms with Gasteiger partial charge in [0.1, 0.15) is 12.0 Å². The number of hydrogen-bond acceptors (Lipinski definition) is 4. The minimum absolute atomic E-state index is 0.0382. The number of oxime groups is 1. The Balaban J connectivity index is 2.12. The Hall–Kier alpha value is -2.76. The van der Waals surface area contributed by atoms with Crippen molar-refractivity contribution in [2.75, 3.05) is 7.05 Å². The zero-order valence-corrected chi connectivity index (χ0v) is 11.9. The fraction of sp³-hybridized carbons (Fsp3) is 0.200.